The molecule has 0 aliphatic rings. The van der Waals surface area contributed by atoms with E-state index in [-0.39, 0.29) is 18.2 Å². The van der Waals surface area contributed by atoms with Gasteiger partial charge in [0.1, 0.15) is 0 Å². The van der Waals surface area contributed by atoms with Gasteiger partial charge in [0.15, 0.2) is 0 Å². The lowest BCUT2D eigenvalue weighted by Gasteiger charge is -2.26. The number of hydrogen-bond acceptors (Lipinski definition) is 4. The molecule has 0 bridgehead atoms. The molecule has 0 saturated carbocycles. The van der Waals surface area contributed by atoms with Crippen LogP contribution in [0.5, 0.6) is 0 Å². The van der Waals surface area contributed by atoms with E-state index in [9.17, 15) is 5.11 Å². The molecule has 4 nitrogen and oxygen atoms in total. The third-order valence-corrected chi connectivity index (χ3v) is 1.45. The Labute approximate surface area is 79.9 Å². The van der Waals surface area contributed by atoms with Crippen LogP contribution in [0.15, 0.2) is 0 Å². The molecule has 0 aliphatic carbocycles. The zero-order valence-electron chi connectivity index (χ0n) is 8.87. The fraction of sp³-hybridized carbons (Fsp3) is 1.00. The Hall–Kier alpha value is -0.160. The van der Waals surface area contributed by atoms with Gasteiger partial charge in [-0.25, -0.2) is 0 Å². The van der Waals surface area contributed by atoms with E-state index in [1.165, 1.54) is 0 Å². The smallest absolute Gasteiger partial charge is 0.214 e. The van der Waals surface area contributed by atoms with Crippen LogP contribution in [0.1, 0.15) is 34.1 Å². The van der Waals surface area contributed by atoms with Gasteiger partial charge in [0.05, 0.1) is 5.60 Å². The van der Waals surface area contributed by atoms with Crippen molar-refractivity contribution in [2.75, 3.05) is 6.61 Å². The molecule has 0 heterocycles. The lowest BCUT2D eigenvalue weighted by atomic mass is 10.2. The van der Waals surface area contributed by atoms with E-state index in [1.807, 2.05) is 27.7 Å². The van der Waals surface area contributed by atoms with Gasteiger partial charge in [0.25, 0.3) is 0 Å². The Morgan fingerprint density at radius 2 is 1.92 bits per heavy atom. The molecule has 3 N–H and O–H groups in total. The normalized spacial score (nSPS) is 17.1. The number of ether oxygens (including phenoxy) is 1. The minimum Gasteiger partial charge on any atom is -0.396 e. The molecule has 0 fully saturated rings. The van der Waals surface area contributed by atoms with Crippen molar-refractivity contribution in [3.8, 4) is 0 Å². The molecule has 0 rings (SSSR count). The fourth-order valence-electron chi connectivity index (χ4n) is 0.889. The number of aliphatic hydroxyl groups is 2. The third-order valence-electron chi connectivity index (χ3n) is 1.45. The minimum absolute atomic E-state index is 0.0438. The Kier molecular flexibility index (Phi) is 5.48. The third kappa shape index (κ3) is 8.18. The van der Waals surface area contributed by atoms with Crippen LogP contribution in [0, 0.1) is 0 Å². The molecule has 4 heteroatoms. The summed E-state index contributed by atoms with van der Waals surface area (Å²) in [5.74, 6) is 0. The molecule has 0 aromatic heterocycles. The van der Waals surface area contributed by atoms with Crippen LogP contribution in [0.25, 0.3) is 0 Å². The van der Waals surface area contributed by atoms with Gasteiger partial charge in [0, 0.05) is 12.6 Å². The van der Waals surface area contributed by atoms with Gasteiger partial charge in [-0.1, -0.05) is 0 Å². The van der Waals surface area contributed by atoms with Gasteiger partial charge in [0.2, 0.25) is 6.41 Å². The highest BCUT2D eigenvalue weighted by Crippen LogP contribution is 2.08. The maximum Gasteiger partial charge on any atom is 0.214 e. The molecule has 0 amide bonds. The van der Waals surface area contributed by atoms with Crippen molar-refractivity contribution in [3.63, 3.8) is 0 Å². The van der Waals surface area contributed by atoms with E-state index in [0.29, 0.717) is 6.42 Å². The highest BCUT2D eigenvalue weighted by Gasteiger charge is 2.17. The summed E-state index contributed by atoms with van der Waals surface area (Å²) in [4.78, 5) is 0. The average molecular weight is 191 g/mol. The molecule has 0 saturated heterocycles. The van der Waals surface area contributed by atoms with Crippen molar-refractivity contribution in [2.45, 2.75) is 52.2 Å². The Morgan fingerprint density at radius 1 is 1.38 bits per heavy atom. The number of nitrogens with one attached hydrogen (secondary N) is 1. The molecule has 0 radical (unpaired) electrons. The zero-order valence-corrected chi connectivity index (χ0v) is 8.87. The van der Waals surface area contributed by atoms with Crippen LogP contribution < -0.4 is 5.32 Å². The molecule has 0 spiro atoms. The molecule has 0 aromatic rings. The van der Waals surface area contributed by atoms with Gasteiger partial charge in [-0.2, -0.15) is 0 Å². The van der Waals surface area contributed by atoms with E-state index in [2.05, 4.69) is 5.32 Å². The number of hydrogen-bond donors (Lipinski definition) is 3. The highest BCUT2D eigenvalue weighted by atomic mass is 16.6. The molecule has 80 valence electrons. The van der Waals surface area contributed by atoms with Crippen molar-refractivity contribution in [2.24, 2.45) is 0 Å². The Balaban J connectivity index is 3.67. The van der Waals surface area contributed by atoms with Crippen LogP contribution in [0.3, 0.4) is 0 Å². The predicted octanol–water partition coefficient (Wildman–Crippen LogP) is 0.438. The minimum atomic E-state index is -0.971. The van der Waals surface area contributed by atoms with Crippen LogP contribution in [-0.2, 0) is 4.74 Å². The van der Waals surface area contributed by atoms with E-state index >= 15 is 0 Å². The van der Waals surface area contributed by atoms with Gasteiger partial charge in [-0.3, -0.25) is 5.32 Å². The van der Waals surface area contributed by atoms with Gasteiger partial charge < -0.3 is 14.9 Å². The number of rotatable bonds is 5. The maximum absolute atomic E-state index is 9.37. The fourth-order valence-corrected chi connectivity index (χ4v) is 0.889. The van der Waals surface area contributed by atoms with Crippen LogP contribution in [-0.4, -0.2) is 34.9 Å². The van der Waals surface area contributed by atoms with E-state index < -0.39 is 6.41 Å². The van der Waals surface area contributed by atoms with Crippen molar-refractivity contribution in [1.29, 1.82) is 0 Å². The molecule has 0 aliphatic heterocycles. The van der Waals surface area contributed by atoms with Crippen LogP contribution in [0.2, 0.25) is 0 Å². The summed E-state index contributed by atoms with van der Waals surface area (Å²) in [5, 5.41) is 20.8. The lowest BCUT2D eigenvalue weighted by molar-refractivity contribution is -0.185. The van der Waals surface area contributed by atoms with Crippen molar-refractivity contribution in [1.82, 2.24) is 5.32 Å². The Morgan fingerprint density at radius 3 is 2.31 bits per heavy atom. The van der Waals surface area contributed by atoms with Crippen molar-refractivity contribution < 1.29 is 14.9 Å². The summed E-state index contributed by atoms with van der Waals surface area (Å²) in [6.07, 6.45) is -0.369. The van der Waals surface area contributed by atoms with Gasteiger partial charge in [-0.05, 0) is 34.1 Å². The zero-order chi connectivity index (χ0) is 10.5. The van der Waals surface area contributed by atoms with Crippen molar-refractivity contribution in [3.05, 3.63) is 0 Å². The van der Waals surface area contributed by atoms with Gasteiger partial charge in [-0.15, -0.1) is 0 Å². The highest BCUT2D eigenvalue weighted by molar-refractivity contribution is 4.63. The molecule has 2 unspecified atom stereocenters. The summed E-state index contributed by atoms with van der Waals surface area (Å²) >= 11 is 0. The van der Waals surface area contributed by atoms with Gasteiger partial charge >= 0.3 is 0 Å². The second-order valence-electron chi connectivity index (χ2n) is 4.16. The molecular formula is C9H21NO3. The first kappa shape index (κ1) is 12.8. The molecule has 13 heavy (non-hydrogen) atoms. The van der Waals surface area contributed by atoms with Crippen LogP contribution >= 0.6 is 0 Å². The predicted molar refractivity (Wildman–Crippen MR) is 51.1 cm³/mol. The summed E-state index contributed by atoms with van der Waals surface area (Å²) in [7, 11) is 0. The summed E-state index contributed by atoms with van der Waals surface area (Å²) < 4.78 is 5.22. The van der Waals surface area contributed by atoms with E-state index in [0.717, 1.165) is 0 Å². The summed E-state index contributed by atoms with van der Waals surface area (Å²) in [6.45, 7) is 7.60. The van der Waals surface area contributed by atoms with Crippen molar-refractivity contribution >= 4 is 0 Å². The second kappa shape index (κ2) is 5.54. The van der Waals surface area contributed by atoms with E-state index in [1.54, 1.807) is 0 Å². The monoisotopic (exact) mass is 191 g/mol. The first-order valence-corrected chi connectivity index (χ1v) is 4.58. The quantitative estimate of drug-likeness (QED) is 0.552. The SMILES string of the molecule is CC(CCO)NC(O)OC(C)(C)C. The summed E-state index contributed by atoms with van der Waals surface area (Å²) in [5.41, 5.74) is -0.370. The first-order valence-electron chi connectivity index (χ1n) is 4.58. The summed E-state index contributed by atoms with van der Waals surface area (Å²) in [6, 6.07) is 0.0438. The molecule has 2 atom stereocenters. The second-order valence-corrected chi connectivity index (χ2v) is 4.16. The maximum atomic E-state index is 9.37. The standard InChI is InChI=1S/C9H21NO3/c1-7(5-6-11)10-8(12)13-9(2,3)4/h7-8,10-12H,5-6H2,1-4H3. The first-order chi connectivity index (χ1) is 5.85. The number of aliphatic hydroxyl groups excluding tert-OH is 2. The largest absolute Gasteiger partial charge is 0.396 e. The lowest BCUT2D eigenvalue weighted by Crippen LogP contribution is -2.42. The molecular weight excluding hydrogens is 170 g/mol. The topological polar surface area (TPSA) is 61.7 Å². The van der Waals surface area contributed by atoms with E-state index in [4.69, 9.17) is 9.84 Å². The Bertz CT molecular complexity index is 133. The van der Waals surface area contributed by atoms with Crippen LogP contribution in [0.4, 0.5) is 0 Å². The molecule has 0 aromatic carbocycles. The average Bonchev–Trinajstić information content (AvgIpc) is 1.81.